The molecule has 0 aliphatic heterocycles. The van der Waals surface area contributed by atoms with Crippen molar-refractivity contribution in [3.8, 4) is 0 Å². The Bertz CT molecular complexity index is 419. The van der Waals surface area contributed by atoms with Gasteiger partial charge in [0.2, 0.25) is 0 Å². The van der Waals surface area contributed by atoms with E-state index in [0.717, 1.165) is 25.7 Å². The van der Waals surface area contributed by atoms with Crippen molar-refractivity contribution in [3.63, 3.8) is 0 Å². The van der Waals surface area contributed by atoms with Gasteiger partial charge in [0.25, 0.3) is 20.2 Å². The van der Waals surface area contributed by atoms with Gasteiger partial charge in [-0.05, 0) is 12.8 Å². The van der Waals surface area contributed by atoms with E-state index in [1.807, 2.05) is 0 Å². The first-order valence-electron chi connectivity index (χ1n) is 9.02. The number of hydrogen-bond acceptors (Lipinski definition) is 4. The van der Waals surface area contributed by atoms with Gasteiger partial charge in [0.05, 0.1) is 11.5 Å². The summed E-state index contributed by atoms with van der Waals surface area (Å²) in [4.78, 5) is 0. The van der Waals surface area contributed by atoms with Crippen LogP contribution >= 0.6 is 0 Å². The second kappa shape index (κ2) is 20.2. The molecule has 0 radical (unpaired) electrons. The molecule has 0 rings (SSSR count). The van der Waals surface area contributed by atoms with Crippen molar-refractivity contribution >= 4 is 71.6 Å². The third kappa shape index (κ3) is 37.0. The van der Waals surface area contributed by atoms with Crippen LogP contribution in [0.5, 0.6) is 0 Å². The molecule has 0 amide bonds. The molecule has 0 aromatic carbocycles. The van der Waals surface area contributed by atoms with Gasteiger partial charge >= 0.3 is 51.4 Å². The van der Waals surface area contributed by atoms with Gasteiger partial charge < -0.3 is 0 Å². The maximum absolute atomic E-state index is 10.3. The third-order valence-corrected chi connectivity index (χ3v) is 5.12. The summed E-state index contributed by atoms with van der Waals surface area (Å²) >= 11 is 0. The van der Waals surface area contributed by atoms with Gasteiger partial charge in [-0.25, -0.2) is 0 Å². The molecular formula is C16H37KO6S2. The van der Waals surface area contributed by atoms with Crippen molar-refractivity contribution in [3.05, 3.63) is 0 Å². The van der Waals surface area contributed by atoms with Crippen LogP contribution in [0.2, 0.25) is 0 Å². The predicted octanol–water partition coefficient (Wildman–Crippen LogP) is 3.82. The third-order valence-electron chi connectivity index (χ3n) is 3.51. The molecule has 0 unspecified atom stereocenters. The van der Waals surface area contributed by atoms with Crippen LogP contribution in [0.3, 0.4) is 0 Å². The molecule has 0 saturated carbocycles. The molecule has 25 heavy (non-hydrogen) atoms. The van der Waals surface area contributed by atoms with E-state index < -0.39 is 20.2 Å². The molecule has 9 heteroatoms. The zero-order valence-corrected chi connectivity index (χ0v) is 16.9. The second-order valence-electron chi connectivity index (χ2n) is 6.11. The molecule has 0 aliphatic carbocycles. The zero-order valence-electron chi connectivity index (χ0n) is 15.2. The number of hydrogen-bond donors (Lipinski definition) is 2. The van der Waals surface area contributed by atoms with Gasteiger partial charge in [-0.1, -0.05) is 78.1 Å². The Morgan fingerprint density at radius 3 is 1.00 bits per heavy atom. The first-order valence-corrected chi connectivity index (χ1v) is 12.2. The van der Waals surface area contributed by atoms with Gasteiger partial charge in [0.15, 0.2) is 0 Å². The maximum atomic E-state index is 10.3. The molecular weight excluding hydrogens is 391 g/mol. The topological polar surface area (TPSA) is 109 Å². The Morgan fingerprint density at radius 2 is 0.760 bits per heavy atom. The van der Waals surface area contributed by atoms with Crippen LogP contribution in [0, 0.1) is 0 Å². The molecule has 0 spiro atoms. The molecule has 150 valence electrons. The standard InChI is InChI=1S/2C8H18O3S.K.H/c2*1-2-3-4-5-6-7-8-12(9,10)11;;/h2*2-8H2,1H3,(H,9,10,11);;. The fourth-order valence-electron chi connectivity index (χ4n) is 2.13. The molecule has 2 N–H and O–H groups in total. The summed E-state index contributed by atoms with van der Waals surface area (Å²) in [5.74, 6) is -0.168. The summed E-state index contributed by atoms with van der Waals surface area (Å²) in [5.41, 5.74) is 0. The van der Waals surface area contributed by atoms with E-state index in [9.17, 15) is 16.8 Å². The minimum atomic E-state index is -3.72. The Balaban J connectivity index is -0.000000372. The second-order valence-corrected chi connectivity index (χ2v) is 9.25. The molecule has 6 nitrogen and oxygen atoms in total. The van der Waals surface area contributed by atoms with Gasteiger partial charge in [-0.3, -0.25) is 9.11 Å². The van der Waals surface area contributed by atoms with Gasteiger partial charge in [0, 0.05) is 0 Å². The van der Waals surface area contributed by atoms with Crippen LogP contribution < -0.4 is 0 Å². The monoisotopic (exact) mass is 428 g/mol. The van der Waals surface area contributed by atoms with E-state index in [1.54, 1.807) is 0 Å². The Labute approximate surface area is 197 Å². The van der Waals surface area contributed by atoms with Crippen LogP contribution in [-0.4, -0.2) is 88.8 Å². The normalized spacial score (nSPS) is 11.4. The summed E-state index contributed by atoms with van der Waals surface area (Å²) in [5, 5.41) is 0. The first kappa shape index (κ1) is 31.2. The molecule has 0 aromatic rings. The predicted molar refractivity (Wildman–Crippen MR) is 107 cm³/mol. The van der Waals surface area contributed by atoms with Crippen molar-refractivity contribution < 1.29 is 25.9 Å². The Kier molecular flexibility index (Phi) is 25.2. The molecule has 0 aromatic heterocycles. The fraction of sp³-hybridized carbons (Fsp3) is 1.00. The van der Waals surface area contributed by atoms with Crippen LogP contribution in [0.4, 0.5) is 0 Å². The van der Waals surface area contributed by atoms with E-state index in [1.165, 1.54) is 38.5 Å². The van der Waals surface area contributed by atoms with Gasteiger partial charge in [-0.2, -0.15) is 16.8 Å². The molecule has 0 saturated heterocycles. The average molecular weight is 429 g/mol. The van der Waals surface area contributed by atoms with E-state index in [4.69, 9.17) is 9.11 Å². The van der Waals surface area contributed by atoms with Crippen LogP contribution in [0.15, 0.2) is 0 Å². The van der Waals surface area contributed by atoms with Crippen molar-refractivity contribution in [2.75, 3.05) is 11.5 Å². The number of rotatable bonds is 14. The van der Waals surface area contributed by atoms with Crippen molar-refractivity contribution in [1.82, 2.24) is 0 Å². The summed E-state index contributed by atoms with van der Waals surface area (Å²) in [6, 6.07) is 0. The van der Waals surface area contributed by atoms with Crippen LogP contribution in [0.1, 0.15) is 90.9 Å². The van der Waals surface area contributed by atoms with Crippen LogP contribution in [0.25, 0.3) is 0 Å². The van der Waals surface area contributed by atoms with E-state index in [2.05, 4.69) is 13.8 Å². The van der Waals surface area contributed by atoms with Crippen LogP contribution in [-0.2, 0) is 20.2 Å². The Morgan fingerprint density at radius 1 is 0.520 bits per heavy atom. The van der Waals surface area contributed by atoms with Crippen molar-refractivity contribution in [1.29, 1.82) is 0 Å². The summed E-state index contributed by atoms with van der Waals surface area (Å²) in [7, 11) is -7.43. The SMILES string of the molecule is CCCCCCCCS(=O)(=O)O.CCCCCCCCS(=O)(=O)O.[KH]. The molecule has 0 bridgehead atoms. The van der Waals surface area contributed by atoms with Gasteiger partial charge in [0.1, 0.15) is 0 Å². The van der Waals surface area contributed by atoms with Crippen molar-refractivity contribution in [2.45, 2.75) is 90.9 Å². The fourth-order valence-corrected chi connectivity index (χ4v) is 3.27. The number of unbranched alkanes of at least 4 members (excludes halogenated alkanes) is 10. The first-order chi connectivity index (χ1) is 11.1. The summed E-state index contributed by atoms with van der Waals surface area (Å²) in [6.45, 7) is 4.27. The molecule has 0 heterocycles. The molecule has 0 atom stereocenters. The summed E-state index contributed by atoms with van der Waals surface area (Å²) in [6.07, 6.45) is 12.3. The van der Waals surface area contributed by atoms with E-state index >= 15 is 0 Å². The zero-order chi connectivity index (χ0) is 18.9. The minimum absolute atomic E-state index is 0. The van der Waals surface area contributed by atoms with E-state index in [0.29, 0.717) is 12.8 Å². The average Bonchev–Trinajstić information content (AvgIpc) is 2.45. The van der Waals surface area contributed by atoms with Crippen molar-refractivity contribution in [2.24, 2.45) is 0 Å². The summed E-state index contributed by atoms with van der Waals surface area (Å²) < 4.78 is 57.9. The molecule has 0 aliphatic rings. The van der Waals surface area contributed by atoms with E-state index in [-0.39, 0.29) is 62.9 Å². The quantitative estimate of drug-likeness (QED) is 0.247. The Hall–Kier alpha value is 1.46. The van der Waals surface area contributed by atoms with Gasteiger partial charge in [-0.15, -0.1) is 0 Å². The molecule has 0 fully saturated rings.